The molecule has 0 N–H and O–H groups in total. The number of benzene rings is 3. The summed E-state index contributed by atoms with van der Waals surface area (Å²) >= 11 is 0. The fourth-order valence-electron chi connectivity index (χ4n) is 3.45. The van der Waals surface area contributed by atoms with Gasteiger partial charge in [0.1, 0.15) is 24.4 Å². The molecular formula is C28H34O3Si. The van der Waals surface area contributed by atoms with Crippen LogP contribution in [0, 0.1) is 13.8 Å². The van der Waals surface area contributed by atoms with E-state index in [1.165, 1.54) is 16.7 Å². The van der Waals surface area contributed by atoms with E-state index in [1.807, 2.05) is 12.1 Å². The summed E-state index contributed by atoms with van der Waals surface area (Å²) in [5, 5.41) is 0.0983. The second-order valence-corrected chi connectivity index (χ2v) is 14.7. The number of hydrogen-bond acceptors (Lipinski definition) is 3. The van der Waals surface area contributed by atoms with Crippen LogP contribution in [0.25, 0.3) is 11.1 Å². The minimum atomic E-state index is -2.01. The van der Waals surface area contributed by atoms with Gasteiger partial charge in [0.15, 0.2) is 0 Å². The van der Waals surface area contributed by atoms with E-state index in [-0.39, 0.29) is 5.04 Å². The van der Waals surface area contributed by atoms with Crippen molar-refractivity contribution in [2.75, 3.05) is 0 Å². The van der Waals surface area contributed by atoms with Crippen molar-refractivity contribution < 1.29 is 14.0 Å². The predicted molar refractivity (Wildman–Crippen MR) is 135 cm³/mol. The molecule has 0 aromatic heterocycles. The van der Waals surface area contributed by atoms with Crippen molar-refractivity contribution in [1.29, 1.82) is 0 Å². The minimum Gasteiger partial charge on any atom is -0.543 e. The van der Waals surface area contributed by atoms with E-state index in [0.717, 1.165) is 28.9 Å². The smallest absolute Gasteiger partial charge is 0.250 e. The zero-order chi connectivity index (χ0) is 23.5. The first-order valence-corrected chi connectivity index (χ1v) is 14.0. The van der Waals surface area contributed by atoms with E-state index in [9.17, 15) is 4.79 Å². The molecule has 0 aliphatic heterocycles. The van der Waals surface area contributed by atoms with Crippen molar-refractivity contribution in [3.8, 4) is 22.6 Å². The fourth-order valence-corrected chi connectivity index (χ4v) is 4.50. The number of rotatable bonds is 7. The van der Waals surface area contributed by atoms with E-state index in [1.54, 1.807) is 12.1 Å². The van der Waals surface area contributed by atoms with Crippen LogP contribution >= 0.6 is 0 Å². The molecule has 0 unspecified atom stereocenters. The number of ether oxygens (including phenoxy) is 1. The monoisotopic (exact) mass is 446 g/mol. The van der Waals surface area contributed by atoms with Crippen LogP contribution in [0.15, 0.2) is 60.7 Å². The summed E-state index contributed by atoms with van der Waals surface area (Å²) < 4.78 is 12.8. The highest BCUT2D eigenvalue weighted by Gasteiger charge is 2.39. The lowest BCUT2D eigenvalue weighted by molar-refractivity contribution is 0.112. The second kappa shape index (κ2) is 9.33. The first kappa shape index (κ1) is 23.8. The van der Waals surface area contributed by atoms with Crippen molar-refractivity contribution in [3.05, 3.63) is 82.9 Å². The third kappa shape index (κ3) is 5.31. The Morgan fingerprint density at radius 2 is 1.53 bits per heavy atom. The molecule has 168 valence electrons. The molecule has 0 aliphatic carbocycles. The number of carbonyl (C=O) groups is 1. The minimum absolute atomic E-state index is 0.0983. The van der Waals surface area contributed by atoms with Crippen molar-refractivity contribution >= 4 is 14.6 Å². The van der Waals surface area contributed by atoms with Crippen LogP contribution in [0.5, 0.6) is 11.5 Å². The Morgan fingerprint density at radius 1 is 0.906 bits per heavy atom. The van der Waals surface area contributed by atoms with Gasteiger partial charge in [0.05, 0.1) is 0 Å². The Kier molecular flexibility index (Phi) is 6.94. The SMILES string of the molecule is Cc1cccc(C)c1-c1ccc(O[Si](C)(C)C(C)(C)C)c(COc2ccc(C=O)cc2)c1. The summed E-state index contributed by atoms with van der Waals surface area (Å²) in [5.41, 5.74) is 6.57. The summed E-state index contributed by atoms with van der Waals surface area (Å²) in [6.45, 7) is 15.9. The summed E-state index contributed by atoms with van der Waals surface area (Å²) in [5.74, 6) is 1.61. The van der Waals surface area contributed by atoms with Gasteiger partial charge in [-0.25, -0.2) is 0 Å². The summed E-state index contributed by atoms with van der Waals surface area (Å²) in [4.78, 5) is 10.9. The average molecular weight is 447 g/mol. The standard InChI is InChI=1S/C28H34O3Si/c1-20-9-8-10-21(2)27(20)23-13-16-26(31-32(6,7)28(3,4)5)24(17-23)19-30-25-14-11-22(18-29)12-15-25/h8-18H,19H2,1-7H3. The van der Waals surface area contributed by atoms with Crippen LogP contribution in [0.2, 0.25) is 18.1 Å². The van der Waals surface area contributed by atoms with Crippen molar-refractivity contribution in [2.24, 2.45) is 0 Å². The second-order valence-electron chi connectivity index (χ2n) is 9.93. The molecule has 3 aromatic rings. The third-order valence-corrected chi connectivity index (χ3v) is 10.8. The van der Waals surface area contributed by atoms with E-state index in [0.29, 0.717) is 12.2 Å². The van der Waals surface area contributed by atoms with E-state index in [2.05, 4.69) is 84.1 Å². The van der Waals surface area contributed by atoms with Gasteiger partial charge in [0.2, 0.25) is 8.32 Å². The first-order chi connectivity index (χ1) is 15.0. The van der Waals surface area contributed by atoms with Gasteiger partial charge in [0, 0.05) is 11.1 Å². The topological polar surface area (TPSA) is 35.5 Å². The summed E-state index contributed by atoms with van der Waals surface area (Å²) in [7, 11) is -2.01. The van der Waals surface area contributed by atoms with Crippen molar-refractivity contribution in [3.63, 3.8) is 0 Å². The van der Waals surface area contributed by atoms with E-state index in [4.69, 9.17) is 9.16 Å². The molecule has 3 aromatic carbocycles. The average Bonchev–Trinajstić information content (AvgIpc) is 2.73. The lowest BCUT2D eigenvalue weighted by atomic mass is 9.94. The Hall–Kier alpha value is -2.85. The molecular weight excluding hydrogens is 412 g/mol. The quantitative estimate of drug-likeness (QED) is 0.275. The highest BCUT2D eigenvalue weighted by Crippen LogP contribution is 2.39. The van der Waals surface area contributed by atoms with E-state index >= 15 is 0 Å². The Balaban J connectivity index is 1.99. The van der Waals surface area contributed by atoms with Crippen LogP contribution in [0.4, 0.5) is 0 Å². The van der Waals surface area contributed by atoms with Gasteiger partial charge in [-0.05, 0) is 90.6 Å². The van der Waals surface area contributed by atoms with Crippen LogP contribution in [-0.4, -0.2) is 14.6 Å². The van der Waals surface area contributed by atoms with Crippen LogP contribution < -0.4 is 9.16 Å². The highest BCUT2D eigenvalue weighted by atomic mass is 28.4. The molecule has 0 bridgehead atoms. The van der Waals surface area contributed by atoms with Gasteiger partial charge in [0.25, 0.3) is 0 Å². The molecule has 32 heavy (non-hydrogen) atoms. The van der Waals surface area contributed by atoms with Gasteiger partial charge in [-0.1, -0.05) is 45.0 Å². The zero-order valence-electron chi connectivity index (χ0n) is 20.3. The van der Waals surface area contributed by atoms with Gasteiger partial charge in [-0.3, -0.25) is 4.79 Å². The maximum atomic E-state index is 10.9. The molecule has 0 saturated carbocycles. The molecule has 0 fully saturated rings. The van der Waals surface area contributed by atoms with Crippen molar-refractivity contribution in [2.45, 2.75) is 59.4 Å². The number of hydrogen-bond donors (Lipinski definition) is 0. The van der Waals surface area contributed by atoms with E-state index < -0.39 is 8.32 Å². The van der Waals surface area contributed by atoms with Crippen LogP contribution in [0.1, 0.15) is 47.8 Å². The molecule has 0 spiro atoms. The van der Waals surface area contributed by atoms with Crippen LogP contribution in [-0.2, 0) is 6.61 Å². The van der Waals surface area contributed by atoms with Gasteiger partial charge in [-0.15, -0.1) is 0 Å². The third-order valence-electron chi connectivity index (χ3n) is 6.41. The fraction of sp³-hybridized carbons (Fsp3) is 0.321. The first-order valence-electron chi connectivity index (χ1n) is 11.1. The lowest BCUT2D eigenvalue weighted by Gasteiger charge is -2.37. The molecule has 0 amide bonds. The molecule has 0 aliphatic rings. The molecule has 0 heterocycles. The Labute approximate surface area is 193 Å². The largest absolute Gasteiger partial charge is 0.543 e. The zero-order valence-corrected chi connectivity index (χ0v) is 21.3. The molecule has 0 atom stereocenters. The van der Waals surface area contributed by atoms with Gasteiger partial charge < -0.3 is 9.16 Å². The number of aldehydes is 1. The lowest BCUT2D eigenvalue weighted by Crippen LogP contribution is -2.44. The molecule has 3 nitrogen and oxygen atoms in total. The Morgan fingerprint density at radius 3 is 2.09 bits per heavy atom. The summed E-state index contributed by atoms with van der Waals surface area (Å²) in [6, 6.07) is 20.0. The maximum Gasteiger partial charge on any atom is 0.250 e. The normalized spacial score (nSPS) is 11.8. The molecule has 0 saturated heterocycles. The summed E-state index contributed by atoms with van der Waals surface area (Å²) in [6.07, 6.45) is 0.836. The molecule has 0 radical (unpaired) electrons. The van der Waals surface area contributed by atoms with Crippen LogP contribution in [0.3, 0.4) is 0 Å². The van der Waals surface area contributed by atoms with Gasteiger partial charge >= 0.3 is 0 Å². The van der Waals surface area contributed by atoms with Crippen molar-refractivity contribution in [1.82, 2.24) is 0 Å². The highest BCUT2D eigenvalue weighted by molar-refractivity contribution is 6.74. The Bertz CT molecular complexity index is 1070. The molecule has 3 rings (SSSR count). The van der Waals surface area contributed by atoms with Gasteiger partial charge in [-0.2, -0.15) is 0 Å². The number of carbonyl (C=O) groups excluding carboxylic acids is 1. The maximum absolute atomic E-state index is 10.9. The predicted octanol–water partition coefficient (Wildman–Crippen LogP) is 7.75. The molecule has 4 heteroatoms. The number of aryl methyl sites for hydroxylation is 2.